The molecular weight excluding hydrogens is 368 g/mol. The lowest BCUT2D eigenvalue weighted by Crippen LogP contribution is -2.37. The number of ether oxygens (including phenoxy) is 2. The minimum atomic E-state index is -0.323. The van der Waals surface area contributed by atoms with Gasteiger partial charge in [0.1, 0.15) is 0 Å². The molecule has 0 atom stereocenters. The first-order valence-electron chi connectivity index (χ1n) is 8.35. The highest BCUT2D eigenvalue weighted by Gasteiger charge is 2.15. The first-order valence-corrected chi connectivity index (χ1v) is 8.72. The summed E-state index contributed by atoms with van der Waals surface area (Å²) in [6, 6.07) is 10.2. The molecule has 2 aromatic rings. The van der Waals surface area contributed by atoms with Crippen LogP contribution in [0.1, 0.15) is 21.5 Å². The van der Waals surface area contributed by atoms with E-state index in [0.29, 0.717) is 28.6 Å². The largest absolute Gasteiger partial charge is 0.493 e. The van der Waals surface area contributed by atoms with Crippen LogP contribution in [-0.4, -0.2) is 44.5 Å². The Morgan fingerprint density at radius 1 is 1.07 bits per heavy atom. The summed E-state index contributed by atoms with van der Waals surface area (Å²) in [5.74, 6) is 0.722. The number of halogens is 1. The molecule has 7 heteroatoms. The fourth-order valence-electron chi connectivity index (χ4n) is 2.53. The van der Waals surface area contributed by atoms with Crippen LogP contribution in [0.3, 0.4) is 0 Å². The molecule has 1 N–H and O–H groups in total. The zero-order valence-corrected chi connectivity index (χ0v) is 16.6. The molecule has 0 radical (unpaired) electrons. The molecule has 0 aliphatic rings. The number of methoxy groups -OCH3 is 2. The molecule has 2 aromatic carbocycles. The number of carbonyl (C=O) groups is 2. The van der Waals surface area contributed by atoms with E-state index >= 15 is 0 Å². The van der Waals surface area contributed by atoms with E-state index in [4.69, 9.17) is 21.1 Å². The molecule has 0 spiro atoms. The molecular formula is C20H23ClN2O4. The highest BCUT2D eigenvalue weighted by molar-refractivity contribution is 6.30. The third-order valence-electron chi connectivity index (χ3n) is 4.18. The predicted molar refractivity (Wildman–Crippen MR) is 105 cm³/mol. The van der Waals surface area contributed by atoms with Gasteiger partial charge in [0.2, 0.25) is 5.91 Å². The van der Waals surface area contributed by atoms with Crippen LogP contribution in [0.2, 0.25) is 5.02 Å². The number of aryl methyl sites for hydroxylation is 1. The Morgan fingerprint density at radius 2 is 1.67 bits per heavy atom. The van der Waals surface area contributed by atoms with Gasteiger partial charge in [-0.05, 0) is 54.4 Å². The van der Waals surface area contributed by atoms with E-state index in [-0.39, 0.29) is 18.4 Å². The molecule has 0 unspecified atom stereocenters. The van der Waals surface area contributed by atoms with Crippen molar-refractivity contribution >= 4 is 23.4 Å². The average Bonchev–Trinajstić information content (AvgIpc) is 2.67. The van der Waals surface area contributed by atoms with Crippen LogP contribution in [0.25, 0.3) is 0 Å². The van der Waals surface area contributed by atoms with Crippen molar-refractivity contribution in [2.24, 2.45) is 0 Å². The van der Waals surface area contributed by atoms with Crippen molar-refractivity contribution in [2.45, 2.75) is 13.5 Å². The second-order valence-corrected chi connectivity index (χ2v) is 6.51. The minimum absolute atomic E-state index is 0.0930. The van der Waals surface area contributed by atoms with Crippen molar-refractivity contribution in [3.8, 4) is 11.5 Å². The second kappa shape index (κ2) is 9.28. The third-order valence-corrected chi connectivity index (χ3v) is 4.43. The summed E-state index contributed by atoms with van der Waals surface area (Å²) in [6.07, 6.45) is 0. The normalized spacial score (nSPS) is 10.3. The van der Waals surface area contributed by atoms with Gasteiger partial charge in [-0.3, -0.25) is 9.59 Å². The van der Waals surface area contributed by atoms with Crippen molar-refractivity contribution in [3.05, 3.63) is 58.1 Å². The maximum atomic E-state index is 12.4. The molecule has 144 valence electrons. The molecule has 0 fully saturated rings. The summed E-state index contributed by atoms with van der Waals surface area (Å²) in [7, 11) is 4.83. The average molecular weight is 391 g/mol. The Kier molecular flexibility index (Phi) is 7.07. The van der Waals surface area contributed by atoms with Crippen LogP contribution < -0.4 is 14.8 Å². The Labute approximate surface area is 164 Å². The molecule has 0 heterocycles. The number of hydrogen-bond donors (Lipinski definition) is 1. The van der Waals surface area contributed by atoms with Gasteiger partial charge in [-0.1, -0.05) is 11.6 Å². The molecule has 6 nitrogen and oxygen atoms in total. The first kappa shape index (κ1) is 20.6. The topological polar surface area (TPSA) is 67.9 Å². The molecule has 0 aliphatic heterocycles. The number of benzene rings is 2. The summed E-state index contributed by atoms with van der Waals surface area (Å²) < 4.78 is 10.6. The summed E-state index contributed by atoms with van der Waals surface area (Å²) in [5, 5.41) is 3.17. The zero-order chi connectivity index (χ0) is 20.0. The minimum Gasteiger partial charge on any atom is -0.493 e. The number of rotatable bonds is 7. The number of likely N-dealkylation sites (N-methyl/N-ethyl adjacent to an activating group) is 1. The van der Waals surface area contributed by atoms with E-state index in [0.717, 1.165) is 11.1 Å². The zero-order valence-electron chi connectivity index (χ0n) is 15.8. The number of nitrogens with zero attached hydrogens (tertiary/aromatic N) is 1. The van der Waals surface area contributed by atoms with Crippen molar-refractivity contribution in [1.29, 1.82) is 0 Å². The lowest BCUT2D eigenvalue weighted by atomic mass is 10.1. The summed E-state index contributed by atoms with van der Waals surface area (Å²) in [4.78, 5) is 26.0. The molecule has 0 saturated heterocycles. The fraction of sp³-hybridized carbons (Fsp3) is 0.300. The molecule has 27 heavy (non-hydrogen) atoms. The van der Waals surface area contributed by atoms with Gasteiger partial charge in [-0.2, -0.15) is 0 Å². The number of hydrogen-bond acceptors (Lipinski definition) is 4. The van der Waals surface area contributed by atoms with Gasteiger partial charge in [0.25, 0.3) is 5.91 Å². The number of carbonyl (C=O) groups excluding carboxylic acids is 2. The van der Waals surface area contributed by atoms with E-state index in [9.17, 15) is 9.59 Å². The van der Waals surface area contributed by atoms with Gasteiger partial charge in [0, 0.05) is 24.2 Å². The van der Waals surface area contributed by atoms with Gasteiger partial charge in [0.05, 0.1) is 20.8 Å². The van der Waals surface area contributed by atoms with Crippen LogP contribution in [0.5, 0.6) is 11.5 Å². The van der Waals surface area contributed by atoms with Gasteiger partial charge in [-0.25, -0.2) is 0 Å². The first-order chi connectivity index (χ1) is 12.8. The summed E-state index contributed by atoms with van der Waals surface area (Å²) in [6.45, 7) is 2.24. The fourth-order valence-corrected chi connectivity index (χ4v) is 2.66. The Morgan fingerprint density at radius 3 is 2.26 bits per heavy atom. The number of amides is 2. The molecule has 0 aromatic heterocycles. The smallest absolute Gasteiger partial charge is 0.251 e. The second-order valence-electron chi connectivity index (χ2n) is 6.07. The molecule has 0 saturated carbocycles. The van der Waals surface area contributed by atoms with Crippen molar-refractivity contribution < 1.29 is 19.1 Å². The van der Waals surface area contributed by atoms with Gasteiger partial charge in [-0.15, -0.1) is 0 Å². The third kappa shape index (κ3) is 5.37. The van der Waals surface area contributed by atoms with Crippen molar-refractivity contribution in [2.75, 3.05) is 27.8 Å². The maximum Gasteiger partial charge on any atom is 0.251 e. The standard InChI is InChI=1S/C20H23ClN2O4/c1-13-9-17(26-3)18(27-4)10-15(13)12-23(2)19(24)11-22-20(25)14-5-7-16(21)8-6-14/h5-10H,11-12H2,1-4H3,(H,22,25). The monoisotopic (exact) mass is 390 g/mol. The Hall–Kier alpha value is -2.73. The van der Waals surface area contributed by atoms with E-state index in [1.54, 1.807) is 50.4 Å². The van der Waals surface area contributed by atoms with E-state index < -0.39 is 0 Å². The molecule has 2 rings (SSSR count). The summed E-state index contributed by atoms with van der Waals surface area (Å²) >= 11 is 5.81. The maximum absolute atomic E-state index is 12.4. The SMILES string of the molecule is COc1cc(C)c(CN(C)C(=O)CNC(=O)c2ccc(Cl)cc2)cc1OC. The van der Waals surface area contributed by atoms with E-state index in [1.807, 2.05) is 19.1 Å². The summed E-state index contributed by atoms with van der Waals surface area (Å²) in [5.41, 5.74) is 2.37. The van der Waals surface area contributed by atoms with E-state index in [1.165, 1.54) is 0 Å². The lowest BCUT2D eigenvalue weighted by molar-refractivity contribution is -0.129. The van der Waals surface area contributed by atoms with Crippen LogP contribution in [-0.2, 0) is 11.3 Å². The van der Waals surface area contributed by atoms with Crippen LogP contribution in [0.15, 0.2) is 36.4 Å². The highest BCUT2D eigenvalue weighted by atomic mass is 35.5. The molecule has 0 bridgehead atoms. The predicted octanol–water partition coefficient (Wildman–Crippen LogP) is 3.05. The Balaban J connectivity index is 1.97. The van der Waals surface area contributed by atoms with Gasteiger partial charge < -0.3 is 19.7 Å². The lowest BCUT2D eigenvalue weighted by Gasteiger charge is -2.20. The Bertz CT molecular complexity index is 821. The molecule has 2 amide bonds. The van der Waals surface area contributed by atoms with Crippen molar-refractivity contribution in [1.82, 2.24) is 10.2 Å². The van der Waals surface area contributed by atoms with Crippen LogP contribution in [0.4, 0.5) is 0 Å². The van der Waals surface area contributed by atoms with E-state index in [2.05, 4.69) is 5.32 Å². The van der Waals surface area contributed by atoms with Crippen LogP contribution >= 0.6 is 11.6 Å². The highest BCUT2D eigenvalue weighted by Crippen LogP contribution is 2.30. The van der Waals surface area contributed by atoms with Gasteiger partial charge in [0.15, 0.2) is 11.5 Å². The molecule has 0 aliphatic carbocycles. The van der Waals surface area contributed by atoms with Gasteiger partial charge >= 0.3 is 0 Å². The van der Waals surface area contributed by atoms with Crippen molar-refractivity contribution in [3.63, 3.8) is 0 Å². The number of nitrogens with one attached hydrogen (secondary N) is 1. The van der Waals surface area contributed by atoms with Crippen LogP contribution in [0, 0.1) is 6.92 Å². The quantitative estimate of drug-likeness (QED) is 0.789.